The van der Waals surface area contributed by atoms with E-state index in [1.54, 1.807) is 25.3 Å². The summed E-state index contributed by atoms with van der Waals surface area (Å²) in [5, 5.41) is 15.1. The van der Waals surface area contributed by atoms with Crippen molar-refractivity contribution < 1.29 is 4.74 Å². The van der Waals surface area contributed by atoms with Crippen LogP contribution in [0.2, 0.25) is 10.0 Å². The highest BCUT2D eigenvalue weighted by molar-refractivity contribution is 6.42. The predicted octanol–water partition coefficient (Wildman–Crippen LogP) is 4.98. The first-order valence-corrected chi connectivity index (χ1v) is 8.14. The van der Waals surface area contributed by atoms with Gasteiger partial charge in [-0.1, -0.05) is 29.3 Å². The molecule has 2 aromatic carbocycles. The van der Waals surface area contributed by atoms with Crippen LogP contribution >= 0.6 is 23.2 Å². The lowest BCUT2D eigenvalue weighted by Gasteiger charge is -2.11. The van der Waals surface area contributed by atoms with Gasteiger partial charge in [-0.15, -0.1) is 5.10 Å². The molecule has 6 nitrogen and oxygen atoms in total. The number of halogens is 2. The fourth-order valence-corrected chi connectivity index (χ4v) is 2.48. The van der Waals surface area contributed by atoms with E-state index in [1.165, 1.54) is 6.20 Å². The smallest absolute Gasteiger partial charge is 0.249 e. The molecular formula is C17H15Cl2N5O. The Balaban J connectivity index is 1.82. The fraction of sp³-hybridized carbons (Fsp3) is 0.118. The second-order valence-corrected chi connectivity index (χ2v) is 6.06. The molecular weight excluding hydrogens is 361 g/mol. The van der Waals surface area contributed by atoms with E-state index in [0.29, 0.717) is 27.6 Å². The maximum atomic E-state index is 6.02. The molecule has 0 spiro atoms. The number of nitrogens with zero attached hydrogens (tertiary/aromatic N) is 3. The summed E-state index contributed by atoms with van der Waals surface area (Å²) in [6.45, 7) is 1.99. The third kappa shape index (κ3) is 4.29. The lowest BCUT2D eigenvalue weighted by atomic mass is 10.2. The molecule has 0 aliphatic heterocycles. The first-order chi connectivity index (χ1) is 12.0. The normalized spacial score (nSPS) is 10.4. The van der Waals surface area contributed by atoms with E-state index in [9.17, 15) is 0 Å². The Bertz CT molecular complexity index is 904. The molecule has 128 valence electrons. The predicted molar refractivity (Wildman–Crippen MR) is 101 cm³/mol. The van der Waals surface area contributed by atoms with Gasteiger partial charge in [0.25, 0.3) is 0 Å². The average molecular weight is 376 g/mol. The summed E-state index contributed by atoms with van der Waals surface area (Å²) in [6.07, 6.45) is 1.52. The Morgan fingerprint density at radius 2 is 1.84 bits per heavy atom. The van der Waals surface area contributed by atoms with Gasteiger partial charge in [0.05, 0.1) is 29.0 Å². The molecule has 0 bridgehead atoms. The average Bonchev–Trinajstić information content (AvgIpc) is 2.59. The Hall–Kier alpha value is -2.57. The van der Waals surface area contributed by atoms with Crippen LogP contribution in [0.4, 0.5) is 23.1 Å². The van der Waals surface area contributed by atoms with E-state index >= 15 is 0 Å². The van der Waals surface area contributed by atoms with Crippen molar-refractivity contribution in [2.75, 3.05) is 17.7 Å². The molecule has 0 unspecified atom stereocenters. The zero-order valence-electron chi connectivity index (χ0n) is 13.5. The summed E-state index contributed by atoms with van der Waals surface area (Å²) in [4.78, 5) is 4.39. The van der Waals surface area contributed by atoms with Crippen molar-refractivity contribution in [1.29, 1.82) is 0 Å². The standard InChI is InChI=1S/C17H15Cl2N5O/c1-10-3-6-15(25-2)14(7-10)22-17-23-16(9-20-24-17)21-11-4-5-12(18)13(19)8-11/h3-9H,1-2H3,(H2,21,22,23,24). The van der Waals surface area contributed by atoms with Crippen LogP contribution in [-0.4, -0.2) is 22.3 Å². The fourth-order valence-electron chi connectivity index (χ4n) is 2.18. The number of aromatic nitrogens is 3. The summed E-state index contributed by atoms with van der Waals surface area (Å²) in [6, 6.07) is 11.0. The highest BCUT2D eigenvalue weighted by atomic mass is 35.5. The number of hydrogen-bond donors (Lipinski definition) is 2. The zero-order valence-corrected chi connectivity index (χ0v) is 15.1. The van der Waals surface area contributed by atoms with Crippen LogP contribution < -0.4 is 15.4 Å². The van der Waals surface area contributed by atoms with Crippen molar-refractivity contribution in [3.8, 4) is 5.75 Å². The van der Waals surface area contributed by atoms with Crippen molar-refractivity contribution in [2.24, 2.45) is 0 Å². The third-order valence-corrected chi connectivity index (χ3v) is 4.09. The monoisotopic (exact) mass is 375 g/mol. The number of rotatable bonds is 5. The van der Waals surface area contributed by atoms with Gasteiger partial charge in [-0.05, 0) is 42.8 Å². The van der Waals surface area contributed by atoms with Gasteiger partial charge < -0.3 is 15.4 Å². The van der Waals surface area contributed by atoms with Crippen LogP contribution in [0.5, 0.6) is 5.75 Å². The topological polar surface area (TPSA) is 72.0 Å². The minimum atomic E-state index is 0.342. The SMILES string of the molecule is COc1ccc(C)cc1Nc1nncc(Nc2ccc(Cl)c(Cl)c2)n1. The Kier molecular flexibility index (Phi) is 5.21. The van der Waals surface area contributed by atoms with Gasteiger partial charge in [-0.25, -0.2) is 0 Å². The Labute approximate surface area is 155 Å². The number of aryl methyl sites for hydroxylation is 1. The van der Waals surface area contributed by atoms with Crippen LogP contribution in [-0.2, 0) is 0 Å². The first kappa shape index (κ1) is 17.3. The Morgan fingerprint density at radius 3 is 2.60 bits per heavy atom. The van der Waals surface area contributed by atoms with Gasteiger partial charge >= 0.3 is 0 Å². The summed E-state index contributed by atoms with van der Waals surface area (Å²) in [7, 11) is 1.61. The lowest BCUT2D eigenvalue weighted by Crippen LogP contribution is -2.03. The molecule has 0 amide bonds. The summed E-state index contributed by atoms with van der Waals surface area (Å²) >= 11 is 11.9. The molecule has 0 aliphatic rings. The second kappa shape index (κ2) is 7.55. The second-order valence-electron chi connectivity index (χ2n) is 5.25. The van der Waals surface area contributed by atoms with Gasteiger partial charge in [0.2, 0.25) is 5.95 Å². The molecule has 0 fully saturated rings. The van der Waals surface area contributed by atoms with Crippen molar-refractivity contribution >= 4 is 46.3 Å². The minimum absolute atomic E-state index is 0.342. The highest BCUT2D eigenvalue weighted by Crippen LogP contribution is 2.28. The van der Waals surface area contributed by atoms with Crippen molar-refractivity contribution in [1.82, 2.24) is 15.2 Å². The molecule has 0 radical (unpaired) electrons. The molecule has 2 N–H and O–H groups in total. The minimum Gasteiger partial charge on any atom is -0.495 e. The third-order valence-electron chi connectivity index (χ3n) is 3.35. The summed E-state index contributed by atoms with van der Waals surface area (Å²) in [5.41, 5.74) is 2.59. The number of hydrogen-bond acceptors (Lipinski definition) is 6. The van der Waals surface area contributed by atoms with Crippen LogP contribution in [0.25, 0.3) is 0 Å². The van der Waals surface area contributed by atoms with E-state index in [2.05, 4.69) is 25.8 Å². The number of benzene rings is 2. The molecule has 0 saturated heterocycles. The molecule has 8 heteroatoms. The number of anilines is 4. The molecule has 0 aliphatic carbocycles. The first-order valence-electron chi connectivity index (χ1n) is 7.38. The van der Waals surface area contributed by atoms with Crippen LogP contribution in [0.3, 0.4) is 0 Å². The molecule has 3 aromatic rings. The summed E-state index contributed by atoms with van der Waals surface area (Å²) in [5.74, 6) is 1.55. The molecule has 25 heavy (non-hydrogen) atoms. The maximum absolute atomic E-state index is 6.02. The van der Waals surface area contributed by atoms with Crippen molar-refractivity contribution in [3.05, 3.63) is 58.2 Å². The largest absolute Gasteiger partial charge is 0.495 e. The Morgan fingerprint density at radius 1 is 1.00 bits per heavy atom. The van der Waals surface area contributed by atoms with Gasteiger partial charge in [-0.2, -0.15) is 10.1 Å². The summed E-state index contributed by atoms with van der Waals surface area (Å²) < 4.78 is 5.34. The van der Waals surface area contributed by atoms with Gasteiger partial charge in [0.1, 0.15) is 5.75 Å². The van der Waals surface area contributed by atoms with Gasteiger partial charge in [-0.3, -0.25) is 0 Å². The molecule has 0 atom stereocenters. The van der Waals surface area contributed by atoms with Gasteiger partial charge in [0.15, 0.2) is 5.82 Å². The zero-order chi connectivity index (χ0) is 17.8. The van der Waals surface area contributed by atoms with E-state index in [-0.39, 0.29) is 0 Å². The van der Waals surface area contributed by atoms with E-state index in [1.807, 2.05) is 25.1 Å². The molecule has 3 rings (SSSR count). The van der Waals surface area contributed by atoms with E-state index in [0.717, 1.165) is 16.9 Å². The number of ether oxygens (including phenoxy) is 1. The quantitative estimate of drug-likeness (QED) is 0.654. The van der Waals surface area contributed by atoms with E-state index in [4.69, 9.17) is 27.9 Å². The number of methoxy groups -OCH3 is 1. The molecule has 0 saturated carbocycles. The highest BCUT2D eigenvalue weighted by Gasteiger charge is 2.07. The molecule has 1 heterocycles. The van der Waals surface area contributed by atoms with Crippen LogP contribution in [0.15, 0.2) is 42.6 Å². The van der Waals surface area contributed by atoms with Crippen LogP contribution in [0.1, 0.15) is 5.56 Å². The van der Waals surface area contributed by atoms with E-state index < -0.39 is 0 Å². The van der Waals surface area contributed by atoms with Crippen LogP contribution in [0, 0.1) is 6.92 Å². The molecule has 1 aromatic heterocycles. The maximum Gasteiger partial charge on any atom is 0.249 e. The van der Waals surface area contributed by atoms with Crippen molar-refractivity contribution in [2.45, 2.75) is 6.92 Å². The van der Waals surface area contributed by atoms with Crippen molar-refractivity contribution in [3.63, 3.8) is 0 Å². The number of nitrogens with one attached hydrogen (secondary N) is 2. The lowest BCUT2D eigenvalue weighted by molar-refractivity contribution is 0.416. The van der Waals surface area contributed by atoms with Gasteiger partial charge in [0, 0.05) is 5.69 Å².